The molecule has 3 aliphatic rings. The first-order valence-electron chi connectivity index (χ1n) is 7.50. The van der Waals surface area contributed by atoms with Crippen LogP contribution in [0.4, 0.5) is 0 Å². The van der Waals surface area contributed by atoms with E-state index in [4.69, 9.17) is 0 Å². The van der Waals surface area contributed by atoms with E-state index in [1.54, 1.807) is 0 Å². The second-order valence-electron chi connectivity index (χ2n) is 5.95. The third kappa shape index (κ3) is 3.56. The lowest BCUT2D eigenvalue weighted by molar-refractivity contribution is 0.129. The van der Waals surface area contributed by atoms with Crippen molar-refractivity contribution in [2.45, 2.75) is 49.8 Å². The number of fused-ring (bicyclic) bond motifs is 1. The lowest BCUT2D eigenvalue weighted by Crippen LogP contribution is -2.51. The maximum absolute atomic E-state index is 3.49. The first-order valence-corrected chi connectivity index (χ1v) is 8.55. The minimum absolute atomic E-state index is 0. The van der Waals surface area contributed by atoms with Gasteiger partial charge in [-0.05, 0) is 44.7 Å². The standard InChI is InChI=1S/C14H26N2S.ClH/c1-2-4-14-13(3-1)16(9-10-17-14)11-12-5-7-15-8-6-12;/h12-15H,1-11H2;1H. The summed E-state index contributed by atoms with van der Waals surface area (Å²) in [5, 5.41) is 4.46. The Morgan fingerprint density at radius 1 is 1.06 bits per heavy atom. The number of piperidine rings is 1. The smallest absolute Gasteiger partial charge is 0.0215 e. The van der Waals surface area contributed by atoms with Crippen LogP contribution in [0.2, 0.25) is 0 Å². The van der Waals surface area contributed by atoms with E-state index >= 15 is 0 Å². The first-order chi connectivity index (χ1) is 8.43. The average Bonchev–Trinajstić information content (AvgIpc) is 2.40. The normalized spacial score (nSPS) is 34.7. The largest absolute Gasteiger partial charge is 0.317 e. The van der Waals surface area contributed by atoms with Gasteiger partial charge in [0.1, 0.15) is 0 Å². The van der Waals surface area contributed by atoms with Crippen molar-refractivity contribution >= 4 is 24.2 Å². The van der Waals surface area contributed by atoms with Crippen LogP contribution in [0.1, 0.15) is 38.5 Å². The molecule has 2 unspecified atom stereocenters. The highest BCUT2D eigenvalue weighted by Gasteiger charge is 2.34. The predicted octanol–water partition coefficient (Wildman–Crippen LogP) is 2.77. The second kappa shape index (κ2) is 7.37. The zero-order chi connectivity index (χ0) is 11.5. The lowest BCUT2D eigenvalue weighted by atomic mass is 9.91. The molecule has 0 spiro atoms. The van der Waals surface area contributed by atoms with Gasteiger partial charge in [0.25, 0.3) is 0 Å². The molecular formula is C14H27ClN2S. The molecule has 0 radical (unpaired) electrons. The molecule has 18 heavy (non-hydrogen) atoms. The van der Waals surface area contributed by atoms with Gasteiger partial charge in [-0.2, -0.15) is 11.8 Å². The van der Waals surface area contributed by atoms with E-state index in [2.05, 4.69) is 22.0 Å². The summed E-state index contributed by atoms with van der Waals surface area (Å²) in [6, 6.07) is 0.928. The molecule has 2 atom stereocenters. The van der Waals surface area contributed by atoms with Crippen molar-refractivity contribution in [1.82, 2.24) is 10.2 Å². The van der Waals surface area contributed by atoms with Crippen molar-refractivity contribution in [3.8, 4) is 0 Å². The molecule has 0 aromatic heterocycles. The van der Waals surface area contributed by atoms with E-state index in [9.17, 15) is 0 Å². The van der Waals surface area contributed by atoms with Gasteiger partial charge in [0.2, 0.25) is 0 Å². The molecule has 2 heterocycles. The fourth-order valence-electron chi connectivity index (χ4n) is 3.80. The van der Waals surface area contributed by atoms with Crippen LogP contribution in [-0.4, -0.2) is 48.1 Å². The average molecular weight is 291 g/mol. The van der Waals surface area contributed by atoms with Crippen LogP contribution in [0, 0.1) is 5.92 Å². The minimum Gasteiger partial charge on any atom is -0.317 e. The quantitative estimate of drug-likeness (QED) is 0.842. The highest BCUT2D eigenvalue weighted by Crippen LogP contribution is 2.36. The summed E-state index contributed by atoms with van der Waals surface area (Å²) in [6.45, 7) is 5.25. The summed E-state index contributed by atoms with van der Waals surface area (Å²) in [6.07, 6.45) is 8.72. The Bertz CT molecular complexity index is 244. The van der Waals surface area contributed by atoms with Crippen LogP contribution in [-0.2, 0) is 0 Å². The van der Waals surface area contributed by atoms with Crippen molar-refractivity contribution < 1.29 is 0 Å². The molecule has 1 aliphatic carbocycles. The number of hydrogen-bond acceptors (Lipinski definition) is 3. The summed E-state index contributed by atoms with van der Waals surface area (Å²) in [4.78, 5) is 2.86. The minimum atomic E-state index is 0. The van der Waals surface area contributed by atoms with Gasteiger partial charge in [0.05, 0.1) is 0 Å². The van der Waals surface area contributed by atoms with Crippen LogP contribution in [0.25, 0.3) is 0 Å². The maximum Gasteiger partial charge on any atom is 0.0215 e. The number of nitrogens with one attached hydrogen (secondary N) is 1. The molecule has 0 aromatic rings. The first kappa shape index (κ1) is 15.0. The van der Waals surface area contributed by atoms with Crippen molar-refractivity contribution in [2.24, 2.45) is 5.92 Å². The topological polar surface area (TPSA) is 15.3 Å². The van der Waals surface area contributed by atoms with Crippen LogP contribution in [0.3, 0.4) is 0 Å². The molecule has 0 bridgehead atoms. The zero-order valence-corrected chi connectivity index (χ0v) is 12.9. The van der Waals surface area contributed by atoms with E-state index < -0.39 is 0 Å². The summed E-state index contributed by atoms with van der Waals surface area (Å²) < 4.78 is 0. The molecule has 106 valence electrons. The number of halogens is 1. The number of nitrogens with zero attached hydrogens (tertiary/aromatic N) is 1. The Labute approximate surface area is 122 Å². The summed E-state index contributed by atoms with van der Waals surface area (Å²) in [5.41, 5.74) is 0. The molecule has 0 amide bonds. The summed E-state index contributed by atoms with van der Waals surface area (Å²) in [5.74, 6) is 2.36. The molecule has 1 saturated carbocycles. The van der Waals surface area contributed by atoms with Gasteiger partial charge < -0.3 is 5.32 Å². The number of rotatable bonds is 2. The van der Waals surface area contributed by atoms with Crippen LogP contribution in [0.5, 0.6) is 0 Å². The van der Waals surface area contributed by atoms with Crippen LogP contribution in [0.15, 0.2) is 0 Å². The van der Waals surface area contributed by atoms with Gasteiger partial charge in [-0.15, -0.1) is 12.4 Å². The molecular weight excluding hydrogens is 264 g/mol. The highest BCUT2D eigenvalue weighted by atomic mass is 35.5. The molecule has 3 rings (SSSR count). The maximum atomic E-state index is 3.49. The van der Waals surface area contributed by atoms with Crippen LogP contribution >= 0.6 is 24.2 Å². The summed E-state index contributed by atoms with van der Waals surface area (Å²) >= 11 is 2.26. The monoisotopic (exact) mass is 290 g/mol. The SMILES string of the molecule is C1CCC2C(C1)SCCN2CC1CCNCC1.Cl. The molecule has 0 aromatic carbocycles. The van der Waals surface area contributed by atoms with Crippen molar-refractivity contribution in [2.75, 3.05) is 31.9 Å². The Hall–Kier alpha value is 0.560. The van der Waals surface area contributed by atoms with E-state index in [0.29, 0.717) is 0 Å². The van der Waals surface area contributed by atoms with Crippen LogP contribution < -0.4 is 5.32 Å². The van der Waals surface area contributed by atoms with Gasteiger partial charge in [0, 0.05) is 30.1 Å². The summed E-state index contributed by atoms with van der Waals surface area (Å²) in [7, 11) is 0. The third-order valence-corrected chi connectivity index (χ3v) is 6.19. The third-order valence-electron chi connectivity index (χ3n) is 4.80. The number of hydrogen-bond donors (Lipinski definition) is 1. The predicted molar refractivity (Wildman–Crippen MR) is 82.9 cm³/mol. The molecule has 2 saturated heterocycles. The number of thioether (sulfide) groups is 1. The fourth-order valence-corrected chi connectivity index (χ4v) is 5.31. The fraction of sp³-hybridized carbons (Fsp3) is 1.00. The Morgan fingerprint density at radius 2 is 1.83 bits per heavy atom. The van der Waals surface area contributed by atoms with Crippen molar-refractivity contribution in [3.63, 3.8) is 0 Å². The zero-order valence-electron chi connectivity index (χ0n) is 11.3. The van der Waals surface area contributed by atoms with E-state index in [0.717, 1.165) is 17.2 Å². The Morgan fingerprint density at radius 3 is 2.67 bits per heavy atom. The van der Waals surface area contributed by atoms with Crippen molar-refractivity contribution in [1.29, 1.82) is 0 Å². The van der Waals surface area contributed by atoms with E-state index in [1.165, 1.54) is 70.5 Å². The van der Waals surface area contributed by atoms with Gasteiger partial charge in [0.15, 0.2) is 0 Å². The molecule has 4 heteroatoms. The molecule has 2 aliphatic heterocycles. The second-order valence-corrected chi connectivity index (χ2v) is 7.30. The molecule has 1 N–H and O–H groups in total. The Balaban J connectivity index is 0.00000120. The van der Waals surface area contributed by atoms with Gasteiger partial charge >= 0.3 is 0 Å². The molecule has 2 nitrogen and oxygen atoms in total. The van der Waals surface area contributed by atoms with Gasteiger partial charge in [-0.25, -0.2) is 0 Å². The van der Waals surface area contributed by atoms with Gasteiger partial charge in [-0.1, -0.05) is 12.8 Å². The molecule has 3 fully saturated rings. The lowest BCUT2D eigenvalue weighted by Gasteiger charge is -2.45. The Kier molecular flexibility index (Phi) is 6.13. The van der Waals surface area contributed by atoms with E-state index in [-0.39, 0.29) is 12.4 Å². The van der Waals surface area contributed by atoms with E-state index in [1.807, 2.05) is 0 Å². The van der Waals surface area contributed by atoms with Crippen molar-refractivity contribution in [3.05, 3.63) is 0 Å². The highest BCUT2D eigenvalue weighted by molar-refractivity contribution is 8.00. The van der Waals surface area contributed by atoms with Gasteiger partial charge in [-0.3, -0.25) is 4.90 Å².